The van der Waals surface area contributed by atoms with Gasteiger partial charge in [-0.3, -0.25) is 14.6 Å². The summed E-state index contributed by atoms with van der Waals surface area (Å²) in [5, 5.41) is 11.0. The van der Waals surface area contributed by atoms with E-state index in [-0.39, 0.29) is 11.3 Å². The summed E-state index contributed by atoms with van der Waals surface area (Å²) >= 11 is 0. The van der Waals surface area contributed by atoms with Crippen LogP contribution in [0.15, 0.2) is 54.4 Å². The van der Waals surface area contributed by atoms with Gasteiger partial charge in [0, 0.05) is 24.5 Å². The Bertz CT molecular complexity index is 925. The summed E-state index contributed by atoms with van der Waals surface area (Å²) in [5.41, 5.74) is 1.24. The zero-order valence-electron chi connectivity index (χ0n) is 16.8. The van der Waals surface area contributed by atoms with Crippen LogP contribution >= 0.6 is 0 Å². The number of hydrogen-bond acceptors (Lipinski definition) is 6. The molecule has 3 rings (SSSR count). The number of rotatable bonds is 7. The van der Waals surface area contributed by atoms with Crippen LogP contribution in [0.3, 0.4) is 0 Å². The molecule has 0 spiro atoms. The van der Waals surface area contributed by atoms with Gasteiger partial charge in [0.25, 0.3) is 11.7 Å². The lowest BCUT2D eigenvalue weighted by Gasteiger charge is -2.25. The molecule has 29 heavy (non-hydrogen) atoms. The number of carbonyl (C=O) groups excluding carboxylic acids is 2. The number of ether oxygens (including phenoxy) is 1. The van der Waals surface area contributed by atoms with Crippen LogP contribution in [0.2, 0.25) is 0 Å². The number of aromatic nitrogens is 1. The number of methoxy groups -OCH3 is 1. The number of benzene rings is 1. The maximum absolute atomic E-state index is 12.9. The second-order valence-corrected chi connectivity index (χ2v) is 7.16. The van der Waals surface area contributed by atoms with Crippen molar-refractivity contribution < 1.29 is 19.4 Å². The highest BCUT2D eigenvalue weighted by Gasteiger charge is 2.45. The van der Waals surface area contributed by atoms with Crippen LogP contribution in [0.5, 0.6) is 5.75 Å². The Labute approximate surface area is 170 Å². The minimum Gasteiger partial charge on any atom is -0.507 e. The summed E-state index contributed by atoms with van der Waals surface area (Å²) in [6.07, 6.45) is 3.93. The van der Waals surface area contributed by atoms with Gasteiger partial charge in [-0.15, -0.1) is 0 Å². The lowest BCUT2D eigenvalue weighted by atomic mass is 9.96. The molecule has 1 aromatic carbocycles. The van der Waals surface area contributed by atoms with Crippen LogP contribution in [-0.2, 0) is 9.59 Å². The monoisotopic (exact) mass is 395 g/mol. The number of hydrogen-bond donors (Lipinski definition) is 1. The van der Waals surface area contributed by atoms with Gasteiger partial charge in [-0.05, 0) is 56.9 Å². The molecule has 1 N–H and O–H groups in total. The molecule has 7 heteroatoms. The number of ketones is 1. The summed E-state index contributed by atoms with van der Waals surface area (Å²) in [6.45, 7) is 1.19. The number of likely N-dealkylation sites (tertiary alicyclic amines) is 1. The van der Waals surface area contributed by atoms with Crippen LogP contribution in [0.4, 0.5) is 0 Å². The molecule has 0 saturated carbocycles. The molecule has 2 heterocycles. The highest BCUT2D eigenvalue weighted by atomic mass is 16.5. The average Bonchev–Trinajstić information content (AvgIpc) is 2.98. The van der Waals surface area contributed by atoms with Crippen LogP contribution in [0.1, 0.15) is 23.6 Å². The Hall–Kier alpha value is -3.19. The Balaban J connectivity index is 2.07. The number of Topliss-reactive ketones (excluding diaryl/α,β-unsaturated/α-hetero) is 1. The molecule has 1 aliphatic heterocycles. The smallest absolute Gasteiger partial charge is 0.295 e. The lowest BCUT2D eigenvalue weighted by Crippen LogP contribution is -2.32. The maximum Gasteiger partial charge on any atom is 0.295 e. The topological polar surface area (TPSA) is 83.0 Å². The lowest BCUT2D eigenvalue weighted by molar-refractivity contribution is -0.139. The first-order valence-electron chi connectivity index (χ1n) is 9.41. The van der Waals surface area contributed by atoms with Crippen molar-refractivity contribution in [2.24, 2.45) is 0 Å². The predicted molar refractivity (Wildman–Crippen MR) is 109 cm³/mol. The first-order chi connectivity index (χ1) is 13.9. The van der Waals surface area contributed by atoms with E-state index in [0.717, 1.165) is 12.1 Å². The zero-order chi connectivity index (χ0) is 21.0. The Morgan fingerprint density at radius 1 is 1.21 bits per heavy atom. The van der Waals surface area contributed by atoms with E-state index in [0.29, 0.717) is 24.3 Å². The van der Waals surface area contributed by atoms with Crippen molar-refractivity contribution in [2.45, 2.75) is 12.5 Å². The van der Waals surface area contributed by atoms with E-state index in [1.54, 1.807) is 48.8 Å². The molecule has 1 fully saturated rings. The molecule has 7 nitrogen and oxygen atoms in total. The molecule has 1 amide bonds. The number of carbonyl (C=O) groups is 2. The third-order valence-electron chi connectivity index (χ3n) is 4.91. The second kappa shape index (κ2) is 8.87. The SMILES string of the molecule is COc1cccc(C(O)=C2C(=O)C(=O)N(CCCN(C)C)C2c2ccncc2)c1. The van der Waals surface area contributed by atoms with Crippen molar-refractivity contribution in [2.75, 3.05) is 34.3 Å². The van der Waals surface area contributed by atoms with Gasteiger partial charge >= 0.3 is 0 Å². The maximum atomic E-state index is 12.9. The minimum atomic E-state index is -0.683. The van der Waals surface area contributed by atoms with Gasteiger partial charge in [0.2, 0.25) is 0 Å². The number of aliphatic hydroxyl groups is 1. The fourth-order valence-corrected chi connectivity index (χ4v) is 3.49. The molecule has 152 valence electrons. The Morgan fingerprint density at radius 3 is 2.59 bits per heavy atom. The van der Waals surface area contributed by atoms with E-state index < -0.39 is 17.7 Å². The van der Waals surface area contributed by atoms with Crippen molar-refractivity contribution in [1.82, 2.24) is 14.8 Å². The Morgan fingerprint density at radius 2 is 1.93 bits per heavy atom. The van der Waals surface area contributed by atoms with Crippen LogP contribution in [0, 0.1) is 0 Å². The third-order valence-corrected chi connectivity index (χ3v) is 4.91. The molecule has 1 aromatic heterocycles. The molecule has 0 aliphatic carbocycles. The number of amides is 1. The van der Waals surface area contributed by atoms with E-state index >= 15 is 0 Å². The van der Waals surface area contributed by atoms with Gasteiger partial charge in [0.1, 0.15) is 11.5 Å². The third kappa shape index (κ3) is 4.30. The molecule has 1 unspecified atom stereocenters. The van der Waals surface area contributed by atoms with Gasteiger partial charge in [-0.1, -0.05) is 12.1 Å². The van der Waals surface area contributed by atoms with Crippen LogP contribution < -0.4 is 4.74 Å². The largest absolute Gasteiger partial charge is 0.507 e. The highest BCUT2D eigenvalue weighted by molar-refractivity contribution is 6.46. The molecular weight excluding hydrogens is 370 g/mol. The average molecular weight is 395 g/mol. The molecule has 1 atom stereocenters. The normalized spacial score (nSPS) is 18.5. The molecule has 0 bridgehead atoms. The zero-order valence-corrected chi connectivity index (χ0v) is 16.8. The Kier molecular flexibility index (Phi) is 6.29. The molecular formula is C22H25N3O4. The van der Waals surface area contributed by atoms with Crippen molar-refractivity contribution >= 4 is 17.4 Å². The summed E-state index contributed by atoms with van der Waals surface area (Å²) in [5.74, 6) is -0.944. The van der Waals surface area contributed by atoms with Crippen molar-refractivity contribution in [3.63, 3.8) is 0 Å². The summed E-state index contributed by atoms with van der Waals surface area (Å²) in [6, 6.07) is 9.65. The van der Waals surface area contributed by atoms with Gasteiger partial charge in [0.15, 0.2) is 0 Å². The predicted octanol–water partition coefficient (Wildman–Crippen LogP) is 2.46. The van der Waals surface area contributed by atoms with E-state index in [2.05, 4.69) is 4.98 Å². The first-order valence-corrected chi connectivity index (χ1v) is 9.41. The fraction of sp³-hybridized carbons (Fsp3) is 0.318. The van der Waals surface area contributed by atoms with E-state index in [9.17, 15) is 14.7 Å². The van der Waals surface area contributed by atoms with E-state index in [1.165, 1.54) is 12.0 Å². The number of aliphatic hydroxyl groups excluding tert-OH is 1. The highest BCUT2D eigenvalue weighted by Crippen LogP contribution is 2.39. The summed E-state index contributed by atoms with van der Waals surface area (Å²) in [7, 11) is 5.44. The van der Waals surface area contributed by atoms with Crippen molar-refractivity contribution in [3.05, 3.63) is 65.5 Å². The first kappa shape index (κ1) is 20.5. The van der Waals surface area contributed by atoms with Gasteiger partial charge < -0.3 is 19.6 Å². The van der Waals surface area contributed by atoms with Gasteiger partial charge in [-0.25, -0.2) is 0 Å². The molecule has 1 aliphatic rings. The molecule has 2 aromatic rings. The minimum absolute atomic E-state index is 0.0827. The standard InChI is InChI=1S/C22H25N3O4/c1-24(2)12-5-13-25-19(15-8-10-23-11-9-15)18(21(27)22(25)28)20(26)16-6-4-7-17(14-16)29-3/h4,6-11,14,19,26H,5,12-13H2,1-3H3. The van der Waals surface area contributed by atoms with Crippen molar-refractivity contribution in [3.8, 4) is 5.75 Å². The fourth-order valence-electron chi connectivity index (χ4n) is 3.49. The van der Waals surface area contributed by atoms with E-state index in [1.807, 2.05) is 19.0 Å². The summed E-state index contributed by atoms with van der Waals surface area (Å²) < 4.78 is 5.21. The van der Waals surface area contributed by atoms with Crippen LogP contribution in [-0.4, -0.2) is 65.9 Å². The number of pyridine rings is 1. The molecule has 0 radical (unpaired) electrons. The number of nitrogens with zero attached hydrogens (tertiary/aromatic N) is 3. The van der Waals surface area contributed by atoms with E-state index in [4.69, 9.17) is 4.74 Å². The van der Waals surface area contributed by atoms with Crippen molar-refractivity contribution in [1.29, 1.82) is 0 Å². The molecule has 1 saturated heterocycles. The second-order valence-electron chi connectivity index (χ2n) is 7.16. The quantitative estimate of drug-likeness (QED) is 0.441. The summed E-state index contributed by atoms with van der Waals surface area (Å²) in [4.78, 5) is 33.3. The van der Waals surface area contributed by atoms with Gasteiger partial charge in [0.05, 0.1) is 18.7 Å². The van der Waals surface area contributed by atoms with Gasteiger partial charge in [-0.2, -0.15) is 0 Å². The van der Waals surface area contributed by atoms with Crippen LogP contribution in [0.25, 0.3) is 5.76 Å².